The molecule has 0 spiro atoms. The summed E-state index contributed by atoms with van der Waals surface area (Å²) in [6.07, 6.45) is 0. The average Bonchev–Trinajstić information content (AvgIpc) is 3.96. The lowest BCUT2D eigenvalue weighted by Crippen LogP contribution is -2.74. The van der Waals surface area contributed by atoms with Gasteiger partial charge in [-0.1, -0.05) is 273 Å². The van der Waals surface area contributed by atoms with Crippen LogP contribution in [-0.4, -0.2) is 12.6 Å². The molecule has 0 saturated carbocycles. The molecule has 0 amide bonds. The minimum Gasteiger partial charge on any atom is -0.311 e. The van der Waals surface area contributed by atoms with Gasteiger partial charge >= 0.3 is 0 Å². The van der Waals surface area contributed by atoms with Crippen LogP contribution in [0.1, 0.15) is 0 Å². The van der Waals surface area contributed by atoms with Crippen molar-refractivity contribution >= 4 is 67.7 Å². The molecule has 0 bridgehead atoms. The normalized spacial score (nSPS) is 11.5. The van der Waals surface area contributed by atoms with Crippen molar-refractivity contribution in [3.8, 4) is 61.3 Å². The Morgan fingerprint density at radius 2 is 0.605 bits per heavy atom. The van der Waals surface area contributed by atoms with E-state index >= 15 is 0 Å². The summed E-state index contributed by atoms with van der Waals surface area (Å²) < 4.78 is 2.39. The summed E-state index contributed by atoms with van der Waals surface area (Å²) in [6, 6.07) is 125. The van der Waals surface area contributed by atoms with Crippen LogP contribution in [0.25, 0.3) is 83.1 Å². The lowest BCUT2D eigenvalue weighted by atomic mass is 9.91. The van der Waals surface area contributed by atoms with Gasteiger partial charge in [0.1, 0.15) is 0 Å². The summed E-state index contributed by atoms with van der Waals surface area (Å²) in [7, 11) is -2.75. The van der Waals surface area contributed by atoms with Gasteiger partial charge < -0.3 is 9.47 Å². The number of fused-ring (bicyclic) bond motifs is 3. The van der Waals surface area contributed by atoms with E-state index in [1.807, 2.05) is 0 Å². The van der Waals surface area contributed by atoms with Gasteiger partial charge in [-0.3, -0.25) is 0 Å². The number of aromatic nitrogens is 1. The van der Waals surface area contributed by atoms with E-state index in [4.69, 9.17) is 0 Å². The Morgan fingerprint density at radius 1 is 0.235 bits per heavy atom. The Labute approximate surface area is 475 Å². The molecule has 0 aliphatic rings. The quantitative estimate of drug-likeness (QED) is 0.0825. The van der Waals surface area contributed by atoms with Gasteiger partial charge in [0.2, 0.25) is 0 Å². The van der Waals surface area contributed by atoms with Crippen molar-refractivity contribution in [3.63, 3.8) is 0 Å². The highest BCUT2D eigenvalue weighted by Crippen LogP contribution is 2.42. The summed E-state index contributed by atoms with van der Waals surface area (Å²) in [5.41, 5.74) is 18.7. The number of anilines is 3. The third-order valence-corrected chi connectivity index (χ3v) is 21.0. The zero-order valence-electron chi connectivity index (χ0n) is 44.7. The third kappa shape index (κ3) is 9.06. The van der Waals surface area contributed by atoms with Crippen molar-refractivity contribution in [1.29, 1.82) is 0 Å². The molecule has 14 aromatic rings. The van der Waals surface area contributed by atoms with Crippen LogP contribution in [0.2, 0.25) is 0 Å². The molecule has 0 radical (unpaired) electrons. The second kappa shape index (κ2) is 21.5. The van der Waals surface area contributed by atoms with Gasteiger partial charge in [0.25, 0.3) is 0 Å². The fourth-order valence-electron chi connectivity index (χ4n) is 12.4. The van der Waals surface area contributed by atoms with Gasteiger partial charge in [-0.15, -0.1) is 0 Å². The fraction of sp³-hybridized carbons (Fsp3) is 0. The molecule has 14 rings (SSSR count). The molecule has 0 N–H and O–H groups in total. The molecule has 1 heterocycles. The van der Waals surface area contributed by atoms with Gasteiger partial charge in [0, 0.05) is 33.5 Å². The lowest BCUT2D eigenvalue weighted by molar-refractivity contribution is 1.18. The SMILES string of the molecule is c1ccc(-c2ccc(-c3ccc(N(c4ccc(-c5ccc(-c6cccc7c6c6ccccc6n7-c6ccccc6)cc5)cc4)c4ccc([Si](c5ccccc5)(c5ccccc5)c5ccccc5)cc4)cc3)c(-c3ccccc3)c2)cc1. The molecule has 382 valence electrons. The average molecular weight is 1050 g/mol. The van der Waals surface area contributed by atoms with Crippen molar-refractivity contribution in [1.82, 2.24) is 4.57 Å². The third-order valence-electron chi connectivity index (χ3n) is 16.2. The molecular weight excluding hydrogens is 993 g/mol. The summed E-state index contributed by atoms with van der Waals surface area (Å²) in [4.78, 5) is 2.40. The van der Waals surface area contributed by atoms with Crippen LogP contribution in [0, 0.1) is 0 Å². The van der Waals surface area contributed by atoms with Gasteiger partial charge in [0.15, 0.2) is 8.07 Å². The van der Waals surface area contributed by atoms with Crippen LogP contribution in [0.4, 0.5) is 17.1 Å². The summed E-state index contributed by atoms with van der Waals surface area (Å²) in [5, 5.41) is 7.90. The molecule has 0 atom stereocenters. The first kappa shape index (κ1) is 49.0. The smallest absolute Gasteiger partial charge is 0.179 e. The zero-order valence-corrected chi connectivity index (χ0v) is 45.7. The maximum Gasteiger partial charge on any atom is 0.179 e. The van der Waals surface area contributed by atoms with Gasteiger partial charge in [-0.2, -0.15) is 0 Å². The predicted octanol–water partition coefficient (Wildman–Crippen LogP) is 18.0. The van der Waals surface area contributed by atoms with E-state index in [-0.39, 0.29) is 0 Å². The molecule has 0 unspecified atom stereocenters. The van der Waals surface area contributed by atoms with E-state index in [1.165, 1.54) is 87.1 Å². The first-order valence-electron chi connectivity index (χ1n) is 27.9. The van der Waals surface area contributed by atoms with Crippen molar-refractivity contribution in [2.24, 2.45) is 0 Å². The van der Waals surface area contributed by atoms with Gasteiger partial charge in [-0.25, -0.2) is 0 Å². The van der Waals surface area contributed by atoms with E-state index in [0.717, 1.165) is 33.9 Å². The second-order valence-corrected chi connectivity index (χ2v) is 24.6. The number of benzene rings is 13. The van der Waals surface area contributed by atoms with E-state index in [9.17, 15) is 0 Å². The van der Waals surface area contributed by atoms with Crippen LogP contribution in [0.5, 0.6) is 0 Å². The van der Waals surface area contributed by atoms with Crippen molar-refractivity contribution in [2.75, 3.05) is 4.90 Å². The molecule has 2 nitrogen and oxygen atoms in total. The highest BCUT2D eigenvalue weighted by Gasteiger charge is 2.41. The first-order chi connectivity index (χ1) is 40.2. The Balaban J connectivity index is 0.855. The monoisotopic (exact) mass is 1050 g/mol. The van der Waals surface area contributed by atoms with Gasteiger partial charge in [-0.05, 0) is 143 Å². The Bertz CT molecular complexity index is 4330. The van der Waals surface area contributed by atoms with Crippen LogP contribution in [0.3, 0.4) is 0 Å². The van der Waals surface area contributed by atoms with Gasteiger partial charge in [0.05, 0.1) is 11.0 Å². The molecule has 0 aliphatic heterocycles. The molecule has 0 aliphatic carbocycles. The number of nitrogens with zero attached hydrogens (tertiary/aromatic N) is 2. The molecule has 0 saturated heterocycles. The van der Waals surface area contributed by atoms with Crippen LogP contribution in [-0.2, 0) is 0 Å². The molecule has 0 fully saturated rings. The number of rotatable bonds is 13. The predicted molar refractivity (Wildman–Crippen MR) is 346 cm³/mol. The highest BCUT2D eigenvalue weighted by atomic mass is 28.3. The van der Waals surface area contributed by atoms with Crippen molar-refractivity contribution in [3.05, 3.63) is 340 Å². The minimum atomic E-state index is -2.75. The zero-order chi connectivity index (χ0) is 54.0. The van der Waals surface area contributed by atoms with Crippen LogP contribution >= 0.6 is 0 Å². The number of hydrogen-bond donors (Lipinski definition) is 0. The maximum absolute atomic E-state index is 2.75. The van der Waals surface area contributed by atoms with Crippen molar-refractivity contribution in [2.45, 2.75) is 0 Å². The number of para-hydroxylation sites is 2. The van der Waals surface area contributed by atoms with E-state index < -0.39 is 8.07 Å². The topological polar surface area (TPSA) is 8.17 Å². The molecule has 13 aromatic carbocycles. The minimum absolute atomic E-state index is 1.08. The molecule has 1 aromatic heterocycles. The Morgan fingerprint density at radius 3 is 1.16 bits per heavy atom. The van der Waals surface area contributed by atoms with Crippen LogP contribution < -0.4 is 25.6 Å². The Hall–Kier alpha value is -10.3. The Kier molecular flexibility index (Phi) is 13.0. The van der Waals surface area contributed by atoms with E-state index in [2.05, 4.69) is 349 Å². The first-order valence-corrected chi connectivity index (χ1v) is 29.9. The fourth-order valence-corrected chi connectivity index (χ4v) is 17.1. The van der Waals surface area contributed by atoms with Crippen LogP contribution in [0.15, 0.2) is 340 Å². The molecule has 81 heavy (non-hydrogen) atoms. The summed E-state index contributed by atoms with van der Waals surface area (Å²) in [5.74, 6) is 0. The second-order valence-electron chi connectivity index (χ2n) is 20.8. The van der Waals surface area contributed by atoms with E-state index in [0.29, 0.717) is 0 Å². The maximum atomic E-state index is 2.40. The summed E-state index contributed by atoms with van der Waals surface area (Å²) >= 11 is 0. The molecule has 3 heteroatoms. The highest BCUT2D eigenvalue weighted by molar-refractivity contribution is 7.19. The van der Waals surface area contributed by atoms with E-state index in [1.54, 1.807) is 0 Å². The summed E-state index contributed by atoms with van der Waals surface area (Å²) in [6.45, 7) is 0. The standard InChI is InChI=1S/C78H56N2Si/c1-7-22-57(23-8-1)63-46-55-72(75(56-63)60-24-9-2-10-25-60)61-44-49-66(50-45-61)79(67-51-53-71(54-52-67)81(68-28-13-4-14-29-68,69-30-15-5-16-31-69)70-32-17-6-18-33-70)65-47-42-59(43-48-65)58-38-40-62(41-39-58)73-35-21-37-77-78(73)74-34-19-20-36-76(74)80(77)64-26-11-3-12-27-64/h1-56H. The largest absolute Gasteiger partial charge is 0.311 e. The lowest BCUT2D eigenvalue weighted by Gasteiger charge is -2.35. The molecular formula is C78H56N2Si. The number of hydrogen-bond acceptors (Lipinski definition) is 1. The van der Waals surface area contributed by atoms with Crippen molar-refractivity contribution < 1.29 is 0 Å².